The number of rotatable bonds is 6. The van der Waals surface area contributed by atoms with Gasteiger partial charge in [0.1, 0.15) is 0 Å². The number of benzene rings is 2. The molecule has 4 nitrogen and oxygen atoms in total. The molecule has 2 aliphatic rings. The molecule has 2 aromatic carbocycles. The molecule has 0 aromatic heterocycles. The summed E-state index contributed by atoms with van der Waals surface area (Å²) in [5, 5.41) is 3.19. The Kier molecular flexibility index (Phi) is 4.83. The Bertz CT molecular complexity index is 766. The van der Waals surface area contributed by atoms with Gasteiger partial charge in [-0.1, -0.05) is 49.2 Å². The molecule has 0 unspecified atom stereocenters. The van der Waals surface area contributed by atoms with E-state index in [2.05, 4.69) is 35.6 Å². The minimum absolute atomic E-state index is 0.107. The number of hydrogen-bond donors (Lipinski definition) is 1. The van der Waals surface area contributed by atoms with Crippen LogP contribution >= 0.6 is 0 Å². The van der Waals surface area contributed by atoms with Gasteiger partial charge in [0.2, 0.25) is 12.7 Å². The molecule has 0 saturated heterocycles. The van der Waals surface area contributed by atoms with Crippen molar-refractivity contribution in [2.45, 2.75) is 43.9 Å². The second kappa shape index (κ2) is 7.40. The minimum Gasteiger partial charge on any atom is -0.454 e. The number of aryl methyl sites for hydroxylation is 1. The van der Waals surface area contributed by atoms with Crippen molar-refractivity contribution in [2.75, 3.05) is 13.3 Å². The Hall–Kier alpha value is -2.49. The van der Waals surface area contributed by atoms with Gasteiger partial charge in [-0.25, -0.2) is 0 Å². The third-order valence-corrected chi connectivity index (χ3v) is 5.65. The van der Waals surface area contributed by atoms with E-state index in [1.165, 1.54) is 18.4 Å². The smallest absolute Gasteiger partial charge is 0.231 e. The van der Waals surface area contributed by atoms with Crippen LogP contribution in [0.3, 0.4) is 0 Å². The zero-order valence-electron chi connectivity index (χ0n) is 15.0. The van der Waals surface area contributed by atoms with Crippen LogP contribution in [-0.4, -0.2) is 19.2 Å². The molecule has 1 saturated carbocycles. The molecular weight excluding hydrogens is 326 g/mol. The fraction of sp³-hybridized carbons (Fsp3) is 0.409. The molecule has 4 heteroatoms. The molecule has 0 spiro atoms. The number of fused-ring (bicyclic) bond motifs is 1. The molecular formula is C22H25NO3. The third-order valence-electron chi connectivity index (χ3n) is 5.65. The Morgan fingerprint density at radius 3 is 2.58 bits per heavy atom. The summed E-state index contributed by atoms with van der Waals surface area (Å²) in [6, 6.07) is 16.5. The van der Waals surface area contributed by atoms with Crippen molar-refractivity contribution in [3.63, 3.8) is 0 Å². The van der Waals surface area contributed by atoms with Crippen LogP contribution in [0.4, 0.5) is 0 Å². The number of hydrogen-bond acceptors (Lipinski definition) is 3. The standard InChI is InChI=1S/C22H25NO3/c24-21(11-9-17-8-10-19-20(14-17)26-16-25-19)23-15-22(12-4-5-13-22)18-6-2-1-3-7-18/h1-3,6-8,10,14H,4-5,9,11-13,15-16H2,(H,23,24). The van der Waals surface area contributed by atoms with Crippen LogP contribution in [0.25, 0.3) is 0 Å². The van der Waals surface area contributed by atoms with Crippen LogP contribution in [0.1, 0.15) is 43.2 Å². The van der Waals surface area contributed by atoms with Gasteiger partial charge in [0.25, 0.3) is 0 Å². The topological polar surface area (TPSA) is 47.6 Å². The second-order valence-electron chi connectivity index (χ2n) is 7.32. The molecule has 1 fully saturated rings. The first-order valence-electron chi connectivity index (χ1n) is 9.46. The number of nitrogens with one attached hydrogen (secondary N) is 1. The fourth-order valence-corrected chi connectivity index (χ4v) is 4.12. The summed E-state index contributed by atoms with van der Waals surface area (Å²) in [7, 11) is 0. The minimum atomic E-state index is 0.107. The van der Waals surface area contributed by atoms with Crippen LogP contribution < -0.4 is 14.8 Å². The Balaban J connectivity index is 1.33. The number of ether oxygens (including phenoxy) is 2. The molecule has 2 aromatic rings. The summed E-state index contributed by atoms with van der Waals surface area (Å²) in [4.78, 5) is 12.4. The van der Waals surface area contributed by atoms with Crippen molar-refractivity contribution in [1.82, 2.24) is 5.32 Å². The maximum atomic E-state index is 12.4. The quantitative estimate of drug-likeness (QED) is 0.856. The van der Waals surface area contributed by atoms with Gasteiger partial charge in [-0.05, 0) is 42.5 Å². The molecule has 1 aliphatic heterocycles. The van der Waals surface area contributed by atoms with Gasteiger partial charge in [-0.2, -0.15) is 0 Å². The lowest BCUT2D eigenvalue weighted by Crippen LogP contribution is -2.39. The van der Waals surface area contributed by atoms with Gasteiger partial charge in [-0.3, -0.25) is 4.79 Å². The van der Waals surface area contributed by atoms with E-state index in [9.17, 15) is 4.79 Å². The van der Waals surface area contributed by atoms with E-state index in [0.717, 1.165) is 36.4 Å². The molecule has 136 valence electrons. The molecule has 0 atom stereocenters. The molecule has 0 bridgehead atoms. The summed E-state index contributed by atoms with van der Waals surface area (Å²) < 4.78 is 10.7. The van der Waals surface area contributed by atoms with E-state index in [1.54, 1.807) is 0 Å². The van der Waals surface area contributed by atoms with Gasteiger partial charge < -0.3 is 14.8 Å². The Morgan fingerprint density at radius 2 is 1.77 bits per heavy atom. The predicted octanol–water partition coefficient (Wildman–Crippen LogP) is 3.98. The first-order valence-corrected chi connectivity index (χ1v) is 9.46. The van der Waals surface area contributed by atoms with Crippen molar-refractivity contribution in [1.29, 1.82) is 0 Å². The normalized spacial score (nSPS) is 17.2. The second-order valence-corrected chi connectivity index (χ2v) is 7.32. The van der Waals surface area contributed by atoms with Crippen LogP contribution in [-0.2, 0) is 16.6 Å². The predicted molar refractivity (Wildman–Crippen MR) is 100 cm³/mol. The lowest BCUT2D eigenvalue weighted by molar-refractivity contribution is -0.121. The Morgan fingerprint density at radius 1 is 1.00 bits per heavy atom. The van der Waals surface area contributed by atoms with Crippen molar-refractivity contribution in [3.05, 3.63) is 59.7 Å². The van der Waals surface area contributed by atoms with Crippen molar-refractivity contribution in [3.8, 4) is 11.5 Å². The van der Waals surface area contributed by atoms with Gasteiger partial charge in [0, 0.05) is 18.4 Å². The van der Waals surface area contributed by atoms with Crippen molar-refractivity contribution >= 4 is 5.91 Å². The van der Waals surface area contributed by atoms with E-state index >= 15 is 0 Å². The van der Waals surface area contributed by atoms with Gasteiger partial charge >= 0.3 is 0 Å². The van der Waals surface area contributed by atoms with E-state index in [4.69, 9.17) is 9.47 Å². The van der Waals surface area contributed by atoms with E-state index in [1.807, 2.05) is 18.2 Å². The first kappa shape index (κ1) is 17.0. The Labute approximate surface area is 154 Å². The zero-order chi connectivity index (χ0) is 17.8. The van der Waals surface area contributed by atoms with Crippen LogP contribution in [0.2, 0.25) is 0 Å². The highest BCUT2D eigenvalue weighted by atomic mass is 16.7. The van der Waals surface area contributed by atoms with E-state index in [0.29, 0.717) is 12.8 Å². The van der Waals surface area contributed by atoms with E-state index in [-0.39, 0.29) is 18.1 Å². The SMILES string of the molecule is O=C(CCc1ccc2c(c1)OCO2)NCC1(c2ccccc2)CCCC1. The summed E-state index contributed by atoms with van der Waals surface area (Å²) in [5.41, 5.74) is 2.56. The number of carbonyl (C=O) groups is 1. The highest BCUT2D eigenvalue weighted by molar-refractivity contribution is 5.76. The molecule has 1 aliphatic carbocycles. The number of amides is 1. The summed E-state index contributed by atoms with van der Waals surface area (Å²) >= 11 is 0. The largest absolute Gasteiger partial charge is 0.454 e. The zero-order valence-corrected chi connectivity index (χ0v) is 15.0. The first-order chi connectivity index (χ1) is 12.8. The van der Waals surface area contributed by atoms with Gasteiger partial charge in [0.05, 0.1) is 0 Å². The van der Waals surface area contributed by atoms with Crippen molar-refractivity contribution < 1.29 is 14.3 Å². The van der Waals surface area contributed by atoms with Gasteiger partial charge in [-0.15, -0.1) is 0 Å². The lowest BCUT2D eigenvalue weighted by atomic mass is 9.79. The fourth-order valence-electron chi connectivity index (χ4n) is 4.12. The molecule has 26 heavy (non-hydrogen) atoms. The molecule has 1 amide bonds. The maximum Gasteiger partial charge on any atom is 0.231 e. The lowest BCUT2D eigenvalue weighted by Gasteiger charge is -2.30. The highest BCUT2D eigenvalue weighted by Crippen LogP contribution is 2.40. The maximum absolute atomic E-state index is 12.4. The van der Waals surface area contributed by atoms with Gasteiger partial charge in [0.15, 0.2) is 11.5 Å². The average molecular weight is 351 g/mol. The number of carbonyl (C=O) groups excluding carboxylic acids is 1. The molecule has 4 rings (SSSR count). The summed E-state index contributed by atoms with van der Waals surface area (Å²) in [5.74, 6) is 1.67. The van der Waals surface area contributed by atoms with E-state index < -0.39 is 0 Å². The van der Waals surface area contributed by atoms with Crippen molar-refractivity contribution in [2.24, 2.45) is 0 Å². The summed E-state index contributed by atoms with van der Waals surface area (Å²) in [6.07, 6.45) is 5.98. The van der Waals surface area contributed by atoms with Crippen LogP contribution in [0.5, 0.6) is 11.5 Å². The molecule has 1 heterocycles. The third kappa shape index (κ3) is 3.55. The summed E-state index contributed by atoms with van der Waals surface area (Å²) in [6.45, 7) is 1.01. The monoisotopic (exact) mass is 351 g/mol. The van der Waals surface area contributed by atoms with Crippen LogP contribution in [0, 0.1) is 0 Å². The van der Waals surface area contributed by atoms with Crippen LogP contribution in [0.15, 0.2) is 48.5 Å². The molecule has 1 N–H and O–H groups in total. The highest BCUT2D eigenvalue weighted by Gasteiger charge is 2.35. The average Bonchev–Trinajstić information content (AvgIpc) is 3.35. The molecule has 0 radical (unpaired) electrons.